The molecule has 162 valence electrons. The molecule has 0 radical (unpaired) electrons. The molecular weight excluding hydrogens is 396 g/mol. The minimum Gasteiger partial charge on any atom is -0.480 e. The number of hydrogen-bond acceptors (Lipinski definition) is 4. The van der Waals surface area contributed by atoms with Crippen LogP contribution in [0.1, 0.15) is 42.7 Å². The third-order valence-corrected chi connectivity index (χ3v) is 6.31. The molecule has 1 fully saturated rings. The van der Waals surface area contributed by atoms with E-state index in [0.717, 1.165) is 28.7 Å². The van der Waals surface area contributed by atoms with Gasteiger partial charge in [-0.25, -0.2) is 4.79 Å². The van der Waals surface area contributed by atoms with Crippen LogP contribution >= 0.6 is 0 Å². The van der Waals surface area contributed by atoms with Gasteiger partial charge >= 0.3 is 12.1 Å². The lowest BCUT2D eigenvalue weighted by molar-refractivity contribution is -0.144. The van der Waals surface area contributed by atoms with Crippen LogP contribution in [0.4, 0.5) is 4.79 Å². The second-order valence-corrected chi connectivity index (χ2v) is 8.40. The quantitative estimate of drug-likeness (QED) is 0.713. The number of benzene rings is 2. The van der Waals surface area contributed by atoms with Crippen LogP contribution in [0.5, 0.6) is 0 Å². The number of nitrogens with zero attached hydrogens (tertiary/aromatic N) is 1. The summed E-state index contributed by atoms with van der Waals surface area (Å²) in [6.07, 6.45) is 1.77. The van der Waals surface area contributed by atoms with Crippen molar-refractivity contribution in [2.24, 2.45) is 0 Å². The van der Waals surface area contributed by atoms with Crippen molar-refractivity contribution in [3.05, 3.63) is 59.7 Å². The summed E-state index contributed by atoms with van der Waals surface area (Å²) in [4.78, 5) is 37.0. The van der Waals surface area contributed by atoms with Crippen molar-refractivity contribution in [3.8, 4) is 11.1 Å². The summed E-state index contributed by atoms with van der Waals surface area (Å²) in [5.41, 5.74) is 3.94. The van der Waals surface area contributed by atoms with Crippen molar-refractivity contribution < 1.29 is 24.2 Å². The topological polar surface area (TPSA) is 95.9 Å². The van der Waals surface area contributed by atoms with Gasteiger partial charge in [-0.15, -0.1) is 0 Å². The van der Waals surface area contributed by atoms with Gasteiger partial charge in [-0.2, -0.15) is 0 Å². The summed E-state index contributed by atoms with van der Waals surface area (Å²) in [5.74, 6) is -1.40. The number of fused-ring (bicyclic) bond motifs is 3. The Morgan fingerprint density at radius 3 is 2.16 bits per heavy atom. The van der Waals surface area contributed by atoms with E-state index in [1.165, 1.54) is 11.9 Å². The Morgan fingerprint density at radius 1 is 1.06 bits per heavy atom. The molecule has 0 heterocycles. The number of carboxylic acid groups (broad SMARTS) is 1. The number of carbonyl (C=O) groups is 3. The van der Waals surface area contributed by atoms with Crippen molar-refractivity contribution in [1.29, 1.82) is 0 Å². The lowest BCUT2D eigenvalue weighted by atomic mass is 9.74. The summed E-state index contributed by atoms with van der Waals surface area (Å²) < 4.78 is 5.61. The predicted octanol–water partition coefficient (Wildman–Crippen LogP) is 3.38. The minimum atomic E-state index is -1.07. The number of nitrogens with one attached hydrogen (secondary N) is 1. The molecule has 31 heavy (non-hydrogen) atoms. The second-order valence-electron chi connectivity index (χ2n) is 8.40. The smallest absolute Gasteiger partial charge is 0.407 e. The summed E-state index contributed by atoms with van der Waals surface area (Å²) >= 11 is 0. The lowest BCUT2D eigenvalue weighted by Gasteiger charge is -2.42. The molecule has 2 aliphatic rings. The van der Waals surface area contributed by atoms with Gasteiger partial charge in [0.1, 0.15) is 13.2 Å². The van der Waals surface area contributed by atoms with Gasteiger partial charge in [0.25, 0.3) is 0 Å². The molecule has 2 aromatic rings. The molecular formula is C24H26N2O5. The van der Waals surface area contributed by atoms with Crippen molar-refractivity contribution >= 4 is 18.0 Å². The highest BCUT2D eigenvalue weighted by Gasteiger charge is 2.41. The molecule has 7 heteroatoms. The van der Waals surface area contributed by atoms with Crippen LogP contribution in [0.25, 0.3) is 11.1 Å². The second kappa shape index (κ2) is 8.41. The van der Waals surface area contributed by atoms with Crippen LogP contribution in [-0.4, -0.2) is 53.7 Å². The SMILES string of the molecule is CN(CC(=O)O)C(=O)CC1(NC(=O)OCC2c3ccccc3-c3ccccc32)CCC1. The van der Waals surface area contributed by atoms with E-state index in [1.54, 1.807) is 0 Å². The fourth-order valence-corrected chi connectivity index (χ4v) is 4.52. The molecule has 4 rings (SSSR count). The Balaban J connectivity index is 1.39. The molecule has 2 aromatic carbocycles. The van der Waals surface area contributed by atoms with Crippen LogP contribution in [0, 0.1) is 0 Å². The maximum absolute atomic E-state index is 12.6. The Kier molecular flexibility index (Phi) is 5.67. The van der Waals surface area contributed by atoms with Gasteiger partial charge in [0.15, 0.2) is 0 Å². The van der Waals surface area contributed by atoms with Crippen LogP contribution in [0.2, 0.25) is 0 Å². The number of carbonyl (C=O) groups excluding carboxylic acids is 2. The molecule has 0 aromatic heterocycles. The maximum atomic E-state index is 12.6. The zero-order valence-corrected chi connectivity index (χ0v) is 17.5. The number of amides is 2. The molecule has 0 saturated heterocycles. The molecule has 0 aliphatic heterocycles. The van der Waals surface area contributed by atoms with Gasteiger partial charge in [-0.1, -0.05) is 48.5 Å². The van der Waals surface area contributed by atoms with Crippen molar-refractivity contribution in [3.63, 3.8) is 0 Å². The number of carboxylic acids is 1. The summed E-state index contributed by atoms with van der Waals surface area (Å²) in [5, 5.41) is 11.8. The first-order valence-electron chi connectivity index (χ1n) is 10.5. The monoisotopic (exact) mass is 422 g/mol. The van der Waals surface area contributed by atoms with E-state index >= 15 is 0 Å². The van der Waals surface area contributed by atoms with Gasteiger partial charge in [-0.3, -0.25) is 9.59 Å². The van der Waals surface area contributed by atoms with Crippen LogP contribution < -0.4 is 5.32 Å². The van der Waals surface area contributed by atoms with Crippen molar-refractivity contribution in [1.82, 2.24) is 10.2 Å². The van der Waals surface area contributed by atoms with E-state index in [1.807, 2.05) is 24.3 Å². The van der Waals surface area contributed by atoms with E-state index in [-0.39, 0.29) is 31.4 Å². The molecule has 0 atom stereocenters. The average molecular weight is 422 g/mol. The highest BCUT2D eigenvalue weighted by Crippen LogP contribution is 2.44. The first kappa shape index (κ1) is 20.9. The molecule has 0 spiro atoms. The average Bonchev–Trinajstić information content (AvgIpc) is 3.04. The van der Waals surface area contributed by atoms with Crippen molar-refractivity contribution in [2.45, 2.75) is 37.1 Å². The van der Waals surface area contributed by atoms with Gasteiger partial charge in [0.2, 0.25) is 5.91 Å². The third-order valence-electron chi connectivity index (χ3n) is 6.31. The molecule has 7 nitrogen and oxygen atoms in total. The Morgan fingerprint density at radius 2 is 1.65 bits per heavy atom. The molecule has 2 amide bonds. The number of likely N-dealkylation sites (N-methyl/N-ethyl adjacent to an activating group) is 1. The fourth-order valence-electron chi connectivity index (χ4n) is 4.52. The highest BCUT2D eigenvalue weighted by atomic mass is 16.5. The predicted molar refractivity (Wildman–Crippen MR) is 115 cm³/mol. The normalized spacial score (nSPS) is 15.9. The number of alkyl carbamates (subject to hydrolysis) is 1. The first-order valence-corrected chi connectivity index (χ1v) is 10.5. The van der Waals surface area contributed by atoms with Gasteiger partial charge in [0.05, 0.1) is 12.0 Å². The van der Waals surface area contributed by atoms with E-state index in [2.05, 4.69) is 29.6 Å². The minimum absolute atomic E-state index is 0.0289. The summed E-state index contributed by atoms with van der Waals surface area (Å²) in [6, 6.07) is 16.3. The number of ether oxygens (including phenoxy) is 1. The van der Waals surface area contributed by atoms with E-state index in [0.29, 0.717) is 12.8 Å². The lowest BCUT2D eigenvalue weighted by Crippen LogP contribution is -2.56. The molecule has 2 aliphatic carbocycles. The first-order chi connectivity index (χ1) is 14.9. The van der Waals surface area contributed by atoms with Crippen LogP contribution in [0.3, 0.4) is 0 Å². The van der Waals surface area contributed by atoms with Crippen LogP contribution in [-0.2, 0) is 14.3 Å². The van der Waals surface area contributed by atoms with E-state index in [9.17, 15) is 14.4 Å². The van der Waals surface area contributed by atoms with Gasteiger partial charge < -0.3 is 20.1 Å². The number of hydrogen-bond donors (Lipinski definition) is 2. The third kappa shape index (κ3) is 4.26. The Hall–Kier alpha value is -3.35. The highest BCUT2D eigenvalue weighted by molar-refractivity contribution is 5.83. The number of rotatable bonds is 7. The van der Waals surface area contributed by atoms with Crippen LogP contribution in [0.15, 0.2) is 48.5 Å². The summed E-state index contributed by atoms with van der Waals surface area (Å²) in [7, 11) is 1.45. The largest absolute Gasteiger partial charge is 0.480 e. The maximum Gasteiger partial charge on any atom is 0.407 e. The Bertz CT molecular complexity index is 969. The summed E-state index contributed by atoms with van der Waals surface area (Å²) in [6.45, 7) is -0.150. The zero-order chi connectivity index (χ0) is 22.0. The molecule has 0 unspecified atom stereocenters. The fraction of sp³-hybridized carbons (Fsp3) is 0.375. The Labute approximate surface area is 181 Å². The molecule has 0 bridgehead atoms. The molecule has 1 saturated carbocycles. The van der Waals surface area contributed by atoms with E-state index in [4.69, 9.17) is 9.84 Å². The van der Waals surface area contributed by atoms with Gasteiger partial charge in [0, 0.05) is 13.0 Å². The number of aliphatic carboxylic acids is 1. The van der Waals surface area contributed by atoms with E-state index < -0.39 is 17.6 Å². The zero-order valence-electron chi connectivity index (χ0n) is 17.5. The standard InChI is InChI=1S/C24H26N2O5/c1-26(14-22(28)29)21(27)13-24(11-6-12-24)25-23(30)31-15-20-18-9-4-2-7-16(18)17-8-3-5-10-19(17)20/h2-5,7-10,20H,6,11-15H2,1H3,(H,25,30)(H,28,29). The molecule has 2 N–H and O–H groups in total. The van der Waals surface area contributed by atoms with Gasteiger partial charge in [-0.05, 0) is 41.5 Å². The van der Waals surface area contributed by atoms with Crippen molar-refractivity contribution in [2.75, 3.05) is 20.2 Å².